The fourth-order valence-corrected chi connectivity index (χ4v) is 1.33. The molecule has 0 saturated carbocycles. The van der Waals surface area contributed by atoms with Gasteiger partial charge in [0.15, 0.2) is 0 Å². The van der Waals surface area contributed by atoms with E-state index in [1.54, 1.807) is 6.33 Å². The van der Waals surface area contributed by atoms with Crippen LogP contribution in [0.5, 0.6) is 0 Å². The van der Waals surface area contributed by atoms with Crippen LogP contribution >= 0.6 is 0 Å². The molecule has 2 heterocycles. The first-order valence-corrected chi connectivity index (χ1v) is 5.80. The number of aromatic amines is 1. The lowest BCUT2D eigenvalue weighted by Crippen LogP contribution is -1.89. The van der Waals surface area contributed by atoms with Gasteiger partial charge in [-0.05, 0) is 17.4 Å². The monoisotopic (exact) mass is 219 g/mol. The molecule has 0 aliphatic carbocycles. The number of imidazole rings is 1. The van der Waals surface area contributed by atoms with Gasteiger partial charge in [-0.3, -0.25) is 4.99 Å². The van der Waals surface area contributed by atoms with Crippen molar-refractivity contribution in [1.29, 1.82) is 0 Å². The first-order valence-electron chi connectivity index (χ1n) is 5.80. The van der Waals surface area contributed by atoms with Crippen LogP contribution in [0.15, 0.2) is 29.3 Å². The molecule has 0 radical (unpaired) electrons. The second-order valence-electron chi connectivity index (χ2n) is 4.56. The van der Waals surface area contributed by atoms with E-state index in [9.17, 15) is 0 Å². The first-order chi connectivity index (χ1) is 7.61. The summed E-state index contributed by atoms with van der Waals surface area (Å²) in [5.74, 6) is 1.25. The molecule has 2 rings (SSSR count). The summed E-state index contributed by atoms with van der Waals surface area (Å²) >= 11 is 0. The van der Waals surface area contributed by atoms with Crippen LogP contribution < -0.4 is 0 Å². The number of nitrogens with zero attached hydrogens (tertiary/aromatic N) is 2. The molecule has 16 heavy (non-hydrogen) atoms. The lowest BCUT2D eigenvalue weighted by Gasteiger charge is -2.01. The Hall–Kier alpha value is -1.38. The Bertz CT molecular complexity index is 345. The van der Waals surface area contributed by atoms with E-state index in [-0.39, 0.29) is 0 Å². The number of rotatable bonds is 2. The highest BCUT2D eigenvalue weighted by molar-refractivity contribution is 5.65. The molecule has 3 heteroatoms. The molecule has 88 valence electrons. The molecule has 0 spiro atoms. The average Bonchev–Trinajstić information content (AvgIpc) is 2.93. The van der Waals surface area contributed by atoms with Crippen LogP contribution in [-0.2, 0) is 0 Å². The van der Waals surface area contributed by atoms with Crippen LogP contribution in [0.25, 0.3) is 0 Å². The molecule has 0 fully saturated rings. The number of hydrogen-bond donors (Lipinski definition) is 1. The maximum Gasteiger partial charge on any atom is 0.0921 e. The molecule has 1 aliphatic heterocycles. The van der Waals surface area contributed by atoms with Crippen LogP contribution in [-0.4, -0.2) is 16.2 Å². The van der Waals surface area contributed by atoms with Gasteiger partial charge in [0, 0.05) is 30.7 Å². The van der Waals surface area contributed by atoms with Gasteiger partial charge in [-0.25, -0.2) is 4.98 Å². The lowest BCUT2D eigenvalue weighted by molar-refractivity contribution is 0.759. The van der Waals surface area contributed by atoms with Crippen molar-refractivity contribution in [3.05, 3.63) is 30.0 Å². The number of nitrogens with one attached hydrogen (secondary N) is 1. The molecule has 0 saturated heterocycles. The fourth-order valence-electron chi connectivity index (χ4n) is 1.33. The van der Waals surface area contributed by atoms with Crippen molar-refractivity contribution < 1.29 is 0 Å². The maximum absolute atomic E-state index is 4.00. The maximum atomic E-state index is 4.00. The van der Waals surface area contributed by atoms with Gasteiger partial charge in [0.2, 0.25) is 0 Å². The summed E-state index contributed by atoms with van der Waals surface area (Å²) in [6.45, 7) is 8.65. The number of allylic oxidation sites excluding steroid dienone is 1. The van der Waals surface area contributed by atoms with E-state index in [1.165, 1.54) is 11.3 Å². The second-order valence-corrected chi connectivity index (χ2v) is 4.56. The summed E-state index contributed by atoms with van der Waals surface area (Å²) < 4.78 is 0. The van der Waals surface area contributed by atoms with Crippen molar-refractivity contribution in [2.75, 3.05) is 0 Å². The Labute approximate surface area is 97.7 Å². The summed E-state index contributed by atoms with van der Waals surface area (Å²) in [6.07, 6.45) is 8.54. The predicted molar refractivity (Wildman–Crippen MR) is 68.7 cm³/mol. The van der Waals surface area contributed by atoms with Gasteiger partial charge in [0.05, 0.1) is 6.33 Å². The number of aromatic nitrogens is 2. The van der Waals surface area contributed by atoms with Gasteiger partial charge in [-0.2, -0.15) is 0 Å². The summed E-state index contributed by atoms with van der Waals surface area (Å²) in [7, 11) is 0. The molecule has 1 N–H and O–H groups in total. The summed E-state index contributed by atoms with van der Waals surface area (Å²) in [5.41, 5.74) is 2.65. The van der Waals surface area contributed by atoms with Gasteiger partial charge >= 0.3 is 0 Å². The summed E-state index contributed by atoms with van der Waals surface area (Å²) in [6, 6.07) is 0. The SMILES string of the molecule is CC(C)C1=CN=CC1.CC(C)c1cnc[nH]1. The van der Waals surface area contributed by atoms with Crippen molar-refractivity contribution in [2.24, 2.45) is 10.9 Å². The van der Waals surface area contributed by atoms with Crippen molar-refractivity contribution in [1.82, 2.24) is 9.97 Å². The molecule has 0 unspecified atom stereocenters. The number of aliphatic imine (C=N–C) groups is 1. The number of hydrogen-bond acceptors (Lipinski definition) is 2. The van der Waals surface area contributed by atoms with Crippen LogP contribution in [0.3, 0.4) is 0 Å². The highest BCUT2D eigenvalue weighted by atomic mass is 14.9. The molecule has 3 nitrogen and oxygen atoms in total. The van der Waals surface area contributed by atoms with Crippen molar-refractivity contribution in [3.63, 3.8) is 0 Å². The number of H-pyrrole nitrogens is 1. The van der Waals surface area contributed by atoms with E-state index < -0.39 is 0 Å². The van der Waals surface area contributed by atoms with Crippen molar-refractivity contribution >= 4 is 6.21 Å². The van der Waals surface area contributed by atoms with Crippen LogP contribution in [0.1, 0.15) is 45.7 Å². The molecular weight excluding hydrogens is 198 g/mol. The molecular formula is C13H21N3. The molecule has 1 aliphatic rings. The largest absolute Gasteiger partial charge is 0.348 e. The van der Waals surface area contributed by atoms with E-state index in [4.69, 9.17) is 0 Å². The van der Waals surface area contributed by atoms with Crippen LogP contribution in [0, 0.1) is 5.92 Å². The zero-order valence-electron chi connectivity index (χ0n) is 10.6. The zero-order chi connectivity index (χ0) is 12.0. The molecule has 0 aromatic carbocycles. The Morgan fingerprint density at radius 3 is 2.19 bits per heavy atom. The minimum atomic E-state index is 0.567. The Morgan fingerprint density at radius 1 is 1.19 bits per heavy atom. The summed E-state index contributed by atoms with van der Waals surface area (Å²) in [4.78, 5) is 10.9. The standard InChI is InChI=1S/C7H11N.C6H10N2/c1-6(2)7-3-4-8-5-7;1-5(2)6-3-7-4-8-6/h4-6H,3H2,1-2H3;3-5H,1-2H3,(H,7,8). The third-order valence-corrected chi connectivity index (χ3v) is 2.56. The van der Waals surface area contributed by atoms with Crippen molar-refractivity contribution in [2.45, 2.75) is 40.0 Å². The van der Waals surface area contributed by atoms with E-state index in [0.717, 1.165) is 6.42 Å². The van der Waals surface area contributed by atoms with Gasteiger partial charge < -0.3 is 4.98 Å². The molecule has 1 aromatic heterocycles. The van der Waals surface area contributed by atoms with Crippen molar-refractivity contribution in [3.8, 4) is 0 Å². The minimum Gasteiger partial charge on any atom is -0.348 e. The molecule has 0 amide bonds. The molecule has 0 bridgehead atoms. The van der Waals surface area contributed by atoms with Gasteiger partial charge in [0.1, 0.15) is 0 Å². The van der Waals surface area contributed by atoms with Crippen LogP contribution in [0.4, 0.5) is 0 Å². The summed E-state index contributed by atoms with van der Waals surface area (Å²) in [5, 5.41) is 0. The van der Waals surface area contributed by atoms with E-state index in [1.807, 2.05) is 18.6 Å². The highest BCUT2D eigenvalue weighted by Crippen LogP contribution is 2.15. The van der Waals surface area contributed by atoms with E-state index >= 15 is 0 Å². The Kier molecular flexibility index (Phi) is 4.96. The van der Waals surface area contributed by atoms with Crippen LogP contribution in [0.2, 0.25) is 0 Å². The second kappa shape index (κ2) is 6.26. The first kappa shape index (κ1) is 12.7. The third-order valence-electron chi connectivity index (χ3n) is 2.56. The lowest BCUT2D eigenvalue weighted by atomic mass is 10.0. The van der Waals surface area contributed by atoms with Gasteiger partial charge in [0.25, 0.3) is 0 Å². The third kappa shape index (κ3) is 4.01. The zero-order valence-corrected chi connectivity index (χ0v) is 10.6. The predicted octanol–water partition coefficient (Wildman–Crippen LogP) is 3.53. The molecule has 1 aromatic rings. The van der Waals surface area contributed by atoms with Gasteiger partial charge in [-0.15, -0.1) is 0 Å². The Balaban J connectivity index is 0.000000160. The van der Waals surface area contributed by atoms with E-state index in [2.05, 4.69) is 42.7 Å². The quantitative estimate of drug-likeness (QED) is 0.812. The normalized spacial score (nSPS) is 14.0. The minimum absolute atomic E-state index is 0.567. The fraction of sp³-hybridized carbons (Fsp3) is 0.538. The Morgan fingerprint density at radius 2 is 1.94 bits per heavy atom. The smallest absolute Gasteiger partial charge is 0.0921 e. The topological polar surface area (TPSA) is 41.0 Å². The van der Waals surface area contributed by atoms with Gasteiger partial charge in [-0.1, -0.05) is 27.7 Å². The van der Waals surface area contributed by atoms with E-state index in [0.29, 0.717) is 11.8 Å². The average molecular weight is 219 g/mol. The highest BCUT2D eigenvalue weighted by Gasteiger charge is 2.03. The molecule has 0 atom stereocenters.